The van der Waals surface area contributed by atoms with E-state index in [1.165, 1.54) is 6.08 Å². The SMILES string of the molecule is CCCC=CS(=O)(=O)O.[H-].[Na+]. The molecule has 0 saturated carbocycles. The first-order chi connectivity index (χ1) is 4.06. The Kier molecular flexibility index (Phi) is 8.44. The molecule has 0 amide bonds. The minimum absolute atomic E-state index is 0. The summed E-state index contributed by atoms with van der Waals surface area (Å²) in [6.45, 7) is 1.92. The predicted octanol–water partition coefficient (Wildman–Crippen LogP) is -1.70. The molecule has 0 aromatic heterocycles. The van der Waals surface area contributed by atoms with Gasteiger partial charge in [-0.05, 0) is 6.42 Å². The summed E-state index contributed by atoms with van der Waals surface area (Å²) in [4.78, 5) is 0. The Morgan fingerprint density at radius 3 is 2.40 bits per heavy atom. The third kappa shape index (κ3) is 11.4. The van der Waals surface area contributed by atoms with Crippen molar-refractivity contribution in [3.05, 3.63) is 11.5 Å². The van der Waals surface area contributed by atoms with Crippen LogP contribution in [0, 0.1) is 0 Å². The molecule has 1 N–H and O–H groups in total. The van der Waals surface area contributed by atoms with Gasteiger partial charge in [0.2, 0.25) is 0 Å². The quantitative estimate of drug-likeness (QED) is 0.410. The normalized spacial score (nSPS) is 11.4. The molecule has 0 unspecified atom stereocenters. The monoisotopic (exact) mass is 174 g/mol. The van der Waals surface area contributed by atoms with Crippen LogP contribution in [0.3, 0.4) is 0 Å². The topological polar surface area (TPSA) is 54.4 Å². The summed E-state index contributed by atoms with van der Waals surface area (Å²) in [6.07, 6.45) is 2.99. The molecule has 0 saturated heterocycles. The molecule has 0 radical (unpaired) electrons. The van der Waals surface area contributed by atoms with E-state index in [1.807, 2.05) is 6.92 Å². The Bertz CT molecular complexity index is 188. The van der Waals surface area contributed by atoms with Crippen molar-refractivity contribution in [2.24, 2.45) is 0 Å². The van der Waals surface area contributed by atoms with Gasteiger partial charge in [0.25, 0.3) is 10.1 Å². The molecule has 5 heteroatoms. The number of unbranched alkanes of at least 4 members (excludes halogenated alkanes) is 1. The average Bonchev–Trinajstić information content (AvgIpc) is 1.63. The maximum atomic E-state index is 9.97. The fraction of sp³-hybridized carbons (Fsp3) is 0.600. The third-order valence-electron chi connectivity index (χ3n) is 0.724. The Morgan fingerprint density at radius 1 is 1.60 bits per heavy atom. The molecular weight excluding hydrogens is 163 g/mol. The van der Waals surface area contributed by atoms with E-state index in [0.717, 1.165) is 11.8 Å². The second-order valence-corrected chi connectivity index (χ2v) is 2.98. The molecule has 3 nitrogen and oxygen atoms in total. The summed E-state index contributed by atoms with van der Waals surface area (Å²) in [5, 5.41) is 0.802. The molecule has 0 fully saturated rings. The van der Waals surface area contributed by atoms with Gasteiger partial charge in [-0.1, -0.05) is 19.4 Å². The second-order valence-electron chi connectivity index (χ2n) is 1.68. The molecular formula is C5H11NaO3S. The van der Waals surface area contributed by atoms with Crippen LogP contribution in [0.1, 0.15) is 21.2 Å². The molecule has 10 heavy (non-hydrogen) atoms. The van der Waals surface area contributed by atoms with Crippen LogP contribution in [0.5, 0.6) is 0 Å². The third-order valence-corrected chi connectivity index (χ3v) is 1.26. The standard InChI is InChI=1S/C5H10O3S.Na.H/c1-2-3-4-5-9(6,7)8;;/h4-5H,2-3H2,1H3,(H,6,7,8);;/q;+1;-1. The second kappa shape index (κ2) is 6.37. The summed E-state index contributed by atoms with van der Waals surface area (Å²) in [7, 11) is -3.88. The van der Waals surface area contributed by atoms with E-state index < -0.39 is 10.1 Å². The van der Waals surface area contributed by atoms with E-state index in [4.69, 9.17) is 4.55 Å². The van der Waals surface area contributed by atoms with E-state index in [-0.39, 0.29) is 31.0 Å². The summed E-state index contributed by atoms with van der Waals surface area (Å²) >= 11 is 0. The van der Waals surface area contributed by atoms with Gasteiger partial charge in [-0.15, -0.1) is 0 Å². The van der Waals surface area contributed by atoms with E-state index in [9.17, 15) is 8.42 Å². The fourth-order valence-electron chi connectivity index (χ4n) is 0.356. The van der Waals surface area contributed by atoms with Crippen LogP contribution in [-0.4, -0.2) is 13.0 Å². The van der Waals surface area contributed by atoms with Gasteiger partial charge >= 0.3 is 29.6 Å². The molecule has 0 aromatic carbocycles. The van der Waals surface area contributed by atoms with Crippen LogP contribution in [0.15, 0.2) is 11.5 Å². The van der Waals surface area contributed by atoms with Crippen LogP contribution in [0.4, 0.5) is 0 Å². The Hall–Kier alpha value is 0.650. The van der Waals surface area contributed by atoms with Crippen LogP contribution in [-0.2, 0) is 10.1 Å². The van der Waals surface area contributed by atoms with Crippen LogP contribution < -0.4 is 29.6 Å². The smallest absolute Gasteiger partial charge is 1.00 e. The van der Waals surface area contributed by atoms with Crippen LogP contribution in [0.2, 0.25) is 0 Å². The number of hydrogen-bond acceptors (Lipinski definition) is 2. The summed E-state index contributed by atoms with van der Waals surface area (Å²) < 4.78 is 28.1. The number of hydrogen-bond donors (Lipinski definition) is 1. The zero-order valence-electron chi connectivity index (χ0n) is 7.24. The molecule has 56 valence electrons. The molecule has 0 spiro atoms. The summed E-state index contributed by atoms with van der Waals surface area (Å²) in [5.74, 6) is 0. The largest absolute Gasteiger partial charge is 1.00 e. The first-order valence-corrected chi connectivity index (χ1v) is 4.20. The van der Waals surface area contributed by atoms with Crippen molar-refractivity contribution in [2.45, 2.75) is 19.8 Å². The van der Waals surface area contributed by atoms with Gasteiger partial charge in [-0.25, -0.2) is 0 Å². The Balaban J connectivity index is -0.000000320. The number of allylic oxidation sites excluding steroid dienone is 1. The van der Waals surface area contributed by atoms with Crippen molar-refractivity contribution in [1.82, 2.24) is 0 Å². The van der Waals surface area contributed by atoms with Crippen LogP contribution in [0.25, 0.3) is 0 Å². The molecule has 0 aromatic rings. The molecule has 0 aliphatic heterocycles. The van der Waals surface area contributed by atoms with Gasteiger partial charge in [0.1, 0.15) is 0 Å². The van der Waals surface area contributed by atoms with Gasteiger partial charge < -0.3 is 1.43 Å². The number of rotatable bonds is 3. The van der Waals surface area contributed by atoms with E-state index >= 15 is 0 Å². The minimum atomic E-state index is -3.88. The van der Waals surface area contributed by atoms with Crippen molar-refractivity contribution in [3.8, 4) is 0 Å². The maximum absolute atomic E-state index is 9.97. The van der Waals surface area contributed by atoms with Crippen molar-refractivity contribution in [2.75, 3.05) is 0 Å². The van der Waals surface area contributed by atoms with Crippen molar-refractivity contribution >= 4 is 10.1 Å². The first kappa shape index (κ1) is 13.3. The molecule has 0 heterocycles. The molecule has 0 aliphatic rings. The predicted molar refractivity (Wildman–Crippen MR) is 36.7 cm³/mol. The van der Waals surface area contributed by atoms with Crippen molar-refractivity contribution in [1.29, 1.82) is 0 Å². The molecule has 0 rings (SSSR count). The zero-order valence-corrected chi connectivity index (χ0v) is 9.06. The summed E-state index contributed by atoms with van der Waals surface area (Å²) in [6, 6.07) is 0. The van der Waals surface area contributed by atoms with Gasteiger partial charge in [-0.2, -0.15) is 8.42 Å². The minimum Gasteiger partial charge on any atom is -1.00 e. The van der Waals surface area contributed by atoms with Crippen LogP contribution >= 0.6 is 0 Å². The van der Waals surface area contributed by atoms with Crippen molar-refractivity contribution < 1.29 is 44.0 Å². The average molecular weight is 174 g/mol. The molecule has 0 aliphatic carbocycles. The van der Waals surface area contributed by atoms with Crippen molar-refractivity contribution in [3.63, 3.8) is 0 Å². The van der Waals surface area contributed by atoms with Gasteiger partial charge in [-0.3, -0.25) is 4.55 Å². The Morgan fingerprint density at radius 2 is 2.10 bits per heavy atom. The van der Waals surface area contributed by atoms with Gasteiger partial charge in [0.05, 0.1) is 5.41 Å². The fourth-order valence-corrected chi connectivity index (χ4v) is 0.736. The molecule has 0 atom stereocenters. The first-order valence-electron chi connectivity index (χ1n) is 2.70. The van der Waals surface area contributed by atoms with E-state index in [1.54, 1.807) is 0 Å². The maximum Gasteiger partial charge on any atom is 1.00 e. The van der Waals surface area contributed by atoms with E-state index in [2.05, 4.69) is 0 Å². The summed E-state index contributed by atoms with van der Waals surface area (Å²) in [5.41, 5.74) is 0. The van der Waals surface area contributed by atoms with E-state index in [0.29, 0.717) is 6.42 Å². The zero-order chi connectivity index (χ0) is 7.33. The Labute approximate surface area is 85.0 Å². The van der Waals surface area contributed by atoms with Gasteiger partial charge in [0, 0.05) is 0 Å². The molecule has 0 bridgehead atoms. The van der Waals surface area contributed by atoms with Gasteiger partial charge in [0.15, 0.2) is 0 Å².